The van der Waals surface area contributed by atoms with Crippen molar-refractivity contribution in [2.24, 2.45) is 0 Å². The Labute approximate surface area is 126 Å². The van der Waals surface area contributed by atoms with Crippen molar-refractivity contribution >= 4 is 35.2 Å². The van der Waals surface area contributed by atoms with Crippen LogP contribution in [0.25, 0.3) is 0 Å². The highest BCUT2D eigenvalue weighted by Crippen LogP contribution is 2.25. The van der Waals surface area contributed by atoms with E-state index in [1.165, 1.54) is 16.7 Å². The minimum atomic E-state index is -1.01. The van der Waals surface area contributed by atoms with Crippen molar-refractivity contribution in [2.45, 2.75) is 10.9 Å². The number of hydrogen-bond donors (Lipinski definition) is 2. The van der Waals surface area contributed by atoms with Gasteiger partial charge in [-0.05, 0) is 24.5 Å². The summed E-state index contributed by atoms with van der Waals surface area (Å²) in [4.78, 5) is 26.1. The fraction of sp³-hybridized carbons (Fsp3) is 0.385. The van der Waals surface area contributed by atoms with Crippen LogP contribution in [0.3, 0.4) is 0 Å². The molecule has 0 bridgehead atoms. The molecule has 2 rings (SSSR count). The SMILES string of the molecule is CSc1ccc(Cl)c(C(=O)N2CCNCC2C(=O)O)c1. The lowest BCUT2D eigenvalue weighted by molar-refractivity contribution is -0.142. The molecule has 1 aromatic carbocycles. The largest absolute Gasteiger partial charge is 0.480 e. The van der Waals surface area contributed by atoms with Gasteiger partial charge in [-0.1, -0.05) is 11.6 Å². The van der Waals surface area contributed by atoms with E-state index in [1.807, 2.05) is 12.3 Å². The summed E-state index contributed by atoms with van der Waals surface area (Å²) in [6.45, 7) is 1.19. The van der Waals surface area contributed by atoms with Crippen LogP contribution in [0.2, 0.25) is 5.02 Å². The summed E-state index contributed by atoms with van der Waals surface area (Å²) in [5, 5.41) is 12.5. The number of hydrogen-bond acceptors (Lipinski definition) is 4. The number of thioether (sulfide) groups is 1. The Morgan fingerprint density at radius 2 is 2.25 bits per heavy atom. The topological polar surface area (TPSA) is 69.6 Å². The zero-order valence-electron chi connectivity index (χ0n) is 10.9. The quantitative estimate of drug-likeness (QED) is 0.829. The number of benzene rings is 1. The molecular weight excluding hydrogens is 300 g/mol. The second-order valence-electron chi connectivity index (χ2n) is 4.40. The molecule has 0 spiro atoms. The Bertz CT molecular complexity index is 538. The summed E-state index contributed by atoms with van der Waals surface area (Å²) in [7, 11) is 0. The van der Waals surface area contributed by atoms with Crippen LogP contribution in [0.5, 0.6) is 0 Å². The molecule has 0 saturated carbocycles. The van der Waals surface area contributed by atoms with Gasteiger partial charge < -0.3 is 15.3 Å². The number of rotatable bonds is 3. The summed E-state index contributed by atoms with van der Waals surface area (Å²) < 4.78 is 0. The minimum absolute atomic E-state index is 0.251. The third-order valence-corrected chi connectivity index (χ3v) is 4.25. The number of carboxylic acids is 1. The van der Waals surface area contributed by atoms with Crippen LogP contribution in [-0.2, 0) is 4.79 Å². The van der Waals surface area contributed by atoms with Gasteiger partial charge in [-0.3, -0.25) is 4.79 Å². The molecule has 1 amide bonds. The molecule has 1 saturated heterocycles. The fourth-order valence-electron chi connectivity index (χ4n) is 2.12. The summed E-state index contributed by atoms with van der Waals surface area (Å²) in [5.74, 6) is -1.34. The van der Waals surface area contributed by atoms with Gasteiger partial charge in [0.05, 0.1) is 10.6 Å². The summed E-state index contributed by atoms with van der Waals surface area (Å²) in [5.41, 5.74) is 0.353. The van der Waals surface area contributed by atoms with E-state index in [0.29, 0.717) is 23.7 Å². The second-order valence-corrected chi connectivity index (χ2v) is 5.69. The predicted octanol–water partition coefficient (Wildman–Crippen LogP) is 1.56. The first kappa shape index (κ1) is 15.2. The van der Waals surface area contributed by atoms with E-state index in [1.54, 1.807) is 12.1 Å². The number of piperazine rings is 1. The standard InChI is InChI=1S/C13H15ClN2O3S/c1-20-8-2-3-10(14)9(6-8)12(17)16-5-4-15-7-11(16)13(18)19/h2-3,6,11,15H,4-5,7H2,1H3,(H,18,19). The molecule has 1 unspecified atom stereocenters. The van der Waals surface area contributed by atoms with Crippen LogP contribution >= 0.6 is 23.4 Å². The smallest absolute Gasteiger partial charge is 0.327 e. The maximum Gasteiger partial charge on any atom is 0.327 e. The highest BCUT2D eigenvalue weighted by Gasteiger charge is 2.33. The third kappa shape index (κ3) is 3.08. The summed E-state index contributed by atoms with van der Waals surface area (Å²) >= 11 is 7.58. The Balaban J connectivity index is 2.31. The van der Waals surface area contributed by atoms with Crippen molar-refractivity contribution in [3.05, 3.63) is 28.8 Å². The van der Waals surface area contributed by atoms with E-state index < -0.39 is 12.0 Å². The van der Waals surface area contributed by atoms with Gasteiger partial charge in [0.15, 0.2) is 0 Å². The van der Waals surface area contributed by atoms with Gasteiger partial charge in [-0.2, -0.15) is 0 Å². The molecule has 1 atom stereocenters. The van der Waals surface area contributed by atoms with E-state index >= 15 is 0 Å². The first-order valence-electron chi connectivity index (χ1n) is 6.12. The van der Waals surface area contributed by atoms with E-state index in [9.17, 15) is 14.7 Å². The number of carbonyl (C=O) groups excluding carboxylic acids is 1. The monoisotopic (exact) mass is 314 g/mol. The van der Waals surface area contributed by atoms with Crippen molar-refractivity contribution in [3.63, 3.8) is 0 Å². The molecule has 108 valence electrons. The van der Waals surface area contributed by atoms with Gasteiger partial charge in [-0.15, -0.1) is 11.8 Å². The maximum atomic E-state index is 12.5. The molecule has 0 aliphatic carbocycles. The molecule has 1 heterocycles. The lowest BCUT2D eigenvalue weighted by atomic mass is 10.1. The van der Waals surface area contributed by atoms with Crippen LogP contribution in [0, 0.1) is 0 Å². The van der Waals surface area contributed by atoms with Gasteiger partial charge in [-0.25, -0.2) is 4.79 Å². The second kappa shape index (κ2) is 6.47. The number of aliphatic carboxylic acids is 1. The Morgan fingerprint density at radius 3 is 2.90 bits per heavy atom. The van der Waals surface area contributed by atoms with Crippen LogP contribution in [0.1, 0.15) is 10.4 Å². The summed E-state index contributed by atoms with van der Waals surface area (Å²) in [6.07, 6.45) is 1.91. The van der Waals surface area contributed by atoms with Gasteiger partial charge in [0.1, 0.15) is 6.04 Å². The van der Waals surface area contributed by atoms with E-state index in [0.717, 1.165) is 4.90 Å². The van der Waals surface area contributed by atoms with Crippen LogP contribution < -0.4 is 5.32 Å². The first-order valence-corrected chi connectivity index (χ1v) is 7.73. The third-order valence-electron chi connectivity index (χ3n) is 3.19. The molecule has 1 aliphatic heterocycles. The Morgan fingerprint density at radius 1 is 1.50 bits per heavy atom. The van der Waals surface area contributed by atoms with Gasteiger partial charge in [0.25, 0.3) is 5.91 Å². The normalized spacial score (nSPS) is 18.9. The van der Waals surface area contributed by atoms with E-state index in [2.05, 4.69) is 5.32 Å². The van der Waals surface area contributed by atoms with Crippen molar-refractivity contribution in [3.8, 4) is 0 Å². The molecular formula is C13H15ClN2O3S. The van der Waals surface area contributed by atoms with Crippen molar-refractivity contribution < 1.29 is 14.7 Å². The van der Waals surface area contributed by atoms with Crippen molar-refractivity contribution in [2.75, 3.05) is 25.9 Å². The zero-order valence-corrected chi connectivity index (χ0v) is 12.5. The number of nitrogens with zero attached hydrogens (tertiary/aromatic N) is 1. The van der Waals surface area contributed by atoms with Gasteiger partial charge in [0.2, 0.25) is 0 Å². The predicted molar refractivity (Wildman–Crippen MR) is 78.6 cm³/mol. The number of carbonyl (C=O) groups is 2. The van der Waals surface area contributed by atoms with Crippen LogP contribution in [0.15, 0.2) is 23.1 Å². The van der Waals surface area contributed by atoms with Crippen LogP contribution in [0.4, 0.5) is 0 Å². The molecule has 0 radical (unpaired) electrons. The van der Waals surface area contributed by atoms with Crippen molar-refractivity contribution in [1.29, 1.82) is 0 Å². The number of halogens is 1. The molecule has 5 nitrogen and oxygen atoms in total. The van der Waals surface area contributed by atoms with E-state index in [-0.39, 0.29) is 12.5 Å². The minimum Gasteiger partial charge on any atom is -0.480 e. The lowest BCUT2D eigenvalue weighted by Crippen LogP contribution is -2.57. The zero-order chi connectivity index (χ0) is 14.7. The Hall–Kier alpha value is -1.24. The highest BCUT2D eigenvalue weighted by atomic mass is 35.5. The number of carboxylic acid groups (broad SMARTS) is 1. The molecule has 2 N–H and O–H groups in total. The molecule has 1 fully saturated rings. The molecule has 1 aliphatic rings. The fourth-order valence-corrected chi connectivity index (χ4v) is 2.76. The van der Waals surface area contributed by atoms with Gasteiger partial charge in [0, 0.05) is 24.5 Å². The van der Waals surface area contributed by atoms with E-state index in [4.69, 9.17) is 11.6 Å². The highest BCUT2D eigenvalue weighted by molar-refractivity contribution is 7.98. The van der Waals surface area contributed by atoms with Gasteiger partial charge >= 0.3 is 5.97 Å². The molecule has 7 heteroatoms. The Kier molecular flexibility index (Phi) is 4.91. The van der Waals surface area contributed by atoms with Crippen LogP contribution in [-0.4, -0.2) is 53.8 Å². The lowest BCUT2D eigenvalue weighted by Gasteiger charge is -2.33. The number of amides is 1. The molecule has 1 aromatic rings. The average molecular weight is 315 g/mol. The van der Waals surface area contributed by atoms with Crippen molar-refractivity contribution in [1.82, 2.24) is 10.2 Å². The maximum absolute atomic E-state index is 12.5. The molecule has 0 aromatic heterocycles. The average Bonchev–Trinajstić information content (AvgIpc) is 2.47. The summed E-state index contributed by atoms with van der Waals surface area (Å²) in [6, 6.07) is 4.34. The number of nitrogens with one attached hydrogen (secondary N) is 1. The first-order chi connectivity index (χ1) is 9.54. The molecule has 20 heavy (non-hydrogen) atoms.